The van der Waals surface area contributed by atoms with Crippen LogP contribution in [0.2, 0.25) is 0 Å². The van der Waals surface area contributed by atoms with Crippen LogP contribution in [0.25, 0.3) is 0 Å². The maximum Gasteiger partial charge on any atom is 0.119 e. The predicted molar refractivity (Wildman–Crippen MR) is 65.8 cm³/mol. The minimum absolute atomic E-state index is 0.172. The average molecular weight is 211 g/mol. The van der Waals surface area contributed by atoms with Crippen LogP contribution in [0.3, 0.4) is 0 Å². The molecule has 15 heavy (non-hydrogen) atoms. The van der Waals surface area contributed by atoms with Gasteiger partial charge < -0.3 is 4.90 Å². The molecule has 0 bridgehead atoms. The Morgan fingerprint density at radius 3 is 2.40 bits per heavy atom. The summed E-state index contributed by atoms with van der Waals surface area (Å²) in [5, 5.41) is 6.74. The predicted octanol–water partition coefficient (Wildman–Crippen LogP) is 2.88. The molecular weight excluding hydrogens is 186 g/mol. The SMILES string of the molecule is CCCCN1N=CN(C(C)(C)C)C1CC. The van der Waals surface area contributed by atoms with Crippen molar-refractivity contribution in [2.45, 2.75) is 65.6 Å². The van der Waals surface area contributed by atoms with E-state index in [1.807, 2.05) is 6.34 Å². The Balaban J connectivity index is 2.62. The fraction of sp³-hybridized carbons (Fsp3) is 0.917. The van der Waals surface area contributed by atoms with E-state index >= 15 is 0 Å². The summed E-state index contributed by atoms with van der Waals surface area (Å²) in [5.41, 5.74) is 0.172. The summed E-state index contributed by atoms with van der Waals surface area (Å²) in [6.07, 6.45) is 6.05. The first-order valence-electron chi connectivity index (χ1n) is 6.10. The van der Waals surface area contributed by atoms with Gasteiger partial charge in [0.1, 0.15) is 12.5 Å². The van der Waals surface area contributed by atoms with Crippen LogP contribution in [0, 0.1) is 0 Å². The molecule has 0 saturated heterocycles. The van der Waals surface area contributed by atoms with Crippen LogP contribution < -0.4 is 0 Å². The molecule has 1 rings (SSSR count). The number of nitrogens with zero attached hydrogens (tertiary/aromatic N) is 3. The van der Waals surface area contributed by atoms with E-state index in [9.17, 15) is 0 Å². The Hall–Kier alpha value is -0.730. The maximum atomic E-state index is 4.51. The second kappa shape index (κ2) is 4.86. The molecule has 3 nitrogen and oxygen atoms in total. The Bertz CT molecular complexity index is 217. The van der Waals surface area contributed by atoms with Crippen LogP contribution in [0.5, 0.6) is 0 Å². The highest BCUT2D eigenvalue weighted by molar-refractivity contribution is 5.58. The molecule has 0 amide bonds. The second-order valence-corrected chi connectivity index (χ2v) is 5.21. The number of hydrogen-bond donors (Lipinski definition) is 0. The molecule has 1 heterocycles. The molecule has 0 N–H and O–H groups in total. The van der Waals surface area contributed by atoms with E-state index in [4.69, 9.17) is 0 Å². The van der Waals surface area contributed by atoms with Crippen LogP contribution >= 0.6 is 0 Å². The molecule has 0 fully saturated rings. The maximum absolute atomic E-state index is 4.51. The van der Waals surface area contributed by atoms with Gasteiger partial charge in [0.25, 0.3) is 0 Å². The van der Waals surface area contributed by atoms with Gasteiger partial charge in [0.2, 0.25) is 0 Å². The van der Waals surface area contributed by atoms with E-state index in [2.05, 4.69) is 49.6 Å². The van der Waals surface area contributed by atoms with Crippen LogP contribution in [-0.4, -0.2) is 34.5 Å². The third kappa shape index (κ3) is 2.86. The van der Waals surface area contributed by atoms with E-state index in [1.54, 1.807) is 0 Å². The summed E-state index contributed by atoms with van der Waals surface area (Å²) in [6, 6.07) is 0. The Morgan fingerprint density at radius 1 is 1.27 bits per heavy atom. The van der Waals surface area contributed by atoms with Gasteiger partial charge >= 0.3 is 0 Å². The van der Waals surface area contributed by atoms with Crippen LogP contribution in [-0.2, 0) is 0 Å². The van der Waals surface area contributed by atoms with E-state index in [-0.39, 0.29) is 5.54 Å². The highest BCUT2D eigenvalue weighted by Gasteiger charge is 2.32. The Kier molecular flexibility index (Phi) is 4.00. The van der Waals surface area contributed by atoms with Crippen LogP contribution in [0.1, 0.15) is 53.9 Å². The van der Waals surface area contributed by atoms with Gasteiger partial charge in [-0.3, -0.25) is 5.01 Å². The fourth-order valence-corrected chi connectivity index (χ4v) is 1.97. The van der Waals surface area contributed by atoms with Gasteiger partial charge in [-0.2, -0.15) is 5.10 Å². The van der Waals surface area contributed by atoms with Gasteiger partial charge in [-0.15, -0.1) is 0 Å². The van der Waals surface area contributed by atoms with E-state index in [0.29, 0.717) is 6.17 Å². The lowest BCUT2D eigenvalue weighted by Gasteiger charge is -2.38. The monoisotopic (exact) mass is 211 g/mol. The average Bonchev–Trinajstić information content (AvgIpc) is 2.56. The van der Waals surface area contributed by atoms with Gasteiger partial charge in [0, 0.05) is 12.1 Å². The number of unbranched alkanes of at least 4 members (excludes halogenated alkanes) is 1. The van der Waals surface area contributed by atoms with Crippen molar-refractivity contribution in [3.63, 3.8) is 0 Å². The topological polar surface area (TPSA) is 18.8 Å². The van der Waals surface area contributed by atoms with E-state index < -0.39 is 0 Å². The third-order valence-electron chi connectivity index (χ3n) is 2.87. The Labute approximate surface area is 94.1 Å². The Morgan fingerprint density at radius 2 is 1.93 bits per heavy atom. The highest BCUT2D eigenvalue weighted by Crippen LogP contribution is 2.24. The molecule has 88 valence electrons. The molecule has 0 aliphatic carbocycles. The van der Waals surface area contributed by atoms with E-state index in [1.165, 1.54) is 12.8 Å². The minimum atomic E-state index is 0.172. The van der Waals surface area contributed by atoms with Crippen molar-refractivity contribution in [2.75, 3.05) is 6.54 Å². The summed E-state index contributed by atoms with van der Waals surface area (Å²) in [6.45, 7) is 12.3. The first-order chi connectivity index (χ1) is 7.00. The lowest BCUT2D eigenvalue weighted by molar-refractivity contribution is 0.0718. The van der Waals surface area contributed by atoms with Gasteiger partial charge in [-0.25, -0.2) is 0 Å². The normalized spacial score (nSPS) is 21.5. The smallest absolute Gasteiger partial charge is 0.119 e. The molecule has 0 saturated carbocycles. The van der Waals surface area contributed by atoms with Crippen molar-refractivity contribution in [2.24, 2.45) is 5.10 Å². The van der Waals surface area contributed by atoms with Gasteiger partial charge in [-0.05, 0) is 33.6 Å². The quantitative estimate of drug-likeness (QED) is 0.712. The van der Waals surface area contributed by atoms with Gasteiger partial charge in [-0.1, -0.05) is 20.3 Å². The van der Waals surface area contributed by atoms with Crippen molar-refractivity contribution in [1.29, 1.82) is 0 Å². The number of hydrogen-bond acceptors (Lipinski definition) is 3. The zero-order valence-corrected chi connectivity index (χ0v) is 10.8. The summed E-state index contributed by atoms with van der Waals surface area (Å²) in [5.74, 6) is 0. The van der Waals surface area contributed by atoms with Crippen molar-refractivity contribution in [1.82, 2.24) is 9.91 Å². The third-order valence-corrected chi connectivity index (χ3v) is 2.87. The molecule has 1 aliphatic rings. The first-order valence-corrected chi connectivity index (χ1v) is 6.10. The molecule has 0 spiro atoms. The standard InChI is InChI=1S/C12H25N3/c1-6-8-9-15-11(7-2)14(10-13-15)12(3,4)5/h10-11H,6-9H2,1-5H3. The summed E-state index contributed by atoms with van der Waals surface area (Å²) >= 11 is 0. The molecule has 0 aromatic rings. The number of hydrazone groups is 1. The van der Waals surface area contributed by atoms with Crippen molar-refractivity contribution in [3.05, 3.63) is 0 Å². The van der Waals surface area contributed by atoms with Gasteiger partial charge in [0.15, 0.2) is 0 Å². The molecule has 1 unspecified atom stereocenters. The first kappa shape index (κ1) is 12.3. The second-order valence-electron chi connectivity index (χ2n) is 5.21. The molecule has 0 aromatic heterocycles. The van der Waals surface area contributed by atoms with Crippen molar-refractivity contribution >= 4 is 6.34 Å². The zero-order chi connectivity index (χ0) is 11.5. The van der Waals surface area contributed by atoms with E-state index in [0.717, 1.165) is 13.0 Å². The van der Waals surface area contributed by atoms with Crippen LogP contribution in [0.4, 0.5) is 0 Å². The summed E-state index contributed by atoms with van der Waals surface area (Å²) in [4.78, 5) is 2.36. The minimum Gasteiger partial charge on any atom is -0.335 e. The van der Waals surface area contributed by atoms with Crippen molar-refractivity contribution in [3.8, 4) is 0 Å². The van der Waals surface area contributed by atoms with Gasteiger partial charge in [0.05, 0.1) is 0 Å². The lowest BCUT2D eigenvalue weighted by Crippen LogP contribution is -2.49. The lowest BCUT2D eigenvalue weighted by atomic mass is 10.1. The highest BCUT2D eigenvalue weighted by atomic mass is 15.6. The molecule has 1 aliphatic heterocycles. The fourth-order valence-electron chi connectivity index (χ4n) is 1.97. The molecular formula is C12H25N3. The molecule has 1 atom stereocenters. The zero-order valence-electron chi connectivity index (χ0n) is 10.8. The van der Waals surface area contributed by atoms with Crippen LogP contribution in [0.15, 0.2) is 5.10 Å². The summed E-state index contributed by atoms with van der Waals surface area (Å²) in [7, 11) is 0. The molecule has 3 heteroatoms. The van der Waals surface area contributed by atoms with Crippen molar-refractivity contribution < 1.29 is 0 Å². The number of rotatable bonds is 4. The summed E-state index contributed by atoms with van der Waals surface area (Å²) < 4.78 is 0. The molecule has 0 radical (unpaired) electrons. The largest absolute Gasteiger partial charge is 0.335 e. The molecule has 0 aromatic carbocycles.